The monoisotopic (exact) mass is 460 g/mol. The summed E-state index contributed by atoms with van der Waals surface area (Å²) in [6, 6.07) is 13.0. The van der Waals surface area contributed by atoms with Crippen LogP contribution in [0.3, 0.4) is 0 Å². The zero-order valence-electron chi connectivity index (χ0n) is 17.8. The van der Waals surface area contributed by atoms with Crippen molar-refractivity contribution < 1.29 is 35.8 Å². The molecule has 1 fully saturated rings. The highest BCUT2D eigenvalue weighted by Gasteiger charge is 2.59. The molecular weight excluding hydrogens is 434 g/mol. The van der Waals surface area contributed by atoms with Crippen molar-refractivity contribution in [2.24, 2.45) is 5.92 Å². The Morgan fingerprint density at radius 3 is 1.78 bits per heavy atom. The zero-order chi connectivity index (χ0) is 23.5. The van der Waals surface area contributed by atoms with Crippen LogP contribution in [0.25, 0.3) is 11.1 Å². The molecule has 0 aliphatic heterocycles. The van der Waals surface area contributed by atoms with Crippen LogP contribution in [0, 0.1) is 5.92 Å². The van der Waals surface area contributed by atoms with Crippen molar-refractivity contribution in [3.63, 3.8) is 0 Å². The number of hydrogen-bond acceptors (Lipinski definition) is 2. The third kappa shape index (κ3) is 5.77. The van der Waals surface area contributed by atoms with E-state index in [0.29, 0.717) is 17.4 Å². The average Bonchev–Trinajstić information content (AvgIpc) is 2.78. The second-order valence-corrected chi connectivity index (χ2v) is 8.27. The molecule has 2 nitrogen and oxygen atoms in total. The van der Waals surface area contributed by atoms with Crippen molar-refractivity contribution >= 4 is 0 Å². The zero-order valence-corrected chi connectivity index (χ0v) is 17.8. The smallest absolute Gasteiger partial charge is 0.430 e. The van der Waals surface area contributed by atoms with E-state index >= 15 is 0 Å². The van der Waals surface area contributed by atoms with Crippen LogP contribution in [0.2, 0.25) is 0 Å². The molecule has 0 saturated heterocycles. The van der Waals surface area contributed by atoms with Gasteiger partial charge in [0.2, 0.25) is 0 Å². The van der Waals surface area contributed by atoms with Gasteiger partial charge in [-0.25, -0.2) is 4.39 Å². The van der Waals surface area contributed by atoms with Crippen LogP contribution < -0.4 is 4.74 Å². The van der Waals surface area contributed by atoms with E-state index in [1.807, 2.05) is 24.3 Å². The Hall–Kier alpha value is -2.22. The molecule has 2 unspecified atom stereocenters. The maximum absolute atomic E-state index is 13.4. The number of ether oxygens (including phenoxy) is 2. The molecule has 0 heterocycles. The van der Waals surface area contributed by atoms with E-state index in [9.17, 15) is 26.3 Å². The van der Waals surface area contributed by atoms with Gasteiger partial charge in [-0.3, -0.25) is 0 Å². The van der Waals surface area contributed by atoms with E-state index in [2.05, 4.69) is 11.7 Å². The fourth-order valence-corrected chi connectivity index (χ4v) is 4.18. The number of halogens is 6. The summed E-state index contributed by atoms with van der Waals surface area (Å²) in [4.78, 5) is 0. The molecule has 32 heavy (non-hydrogen) atoms. The first kappa shape index (κ1) is 24.4. The van der Waals surface area contributed by atoms with Gasteiger partial charge < -0.3 is 9.47 Å². The van der Waals surface area contributed by atoms with E-state index in [4.69, 9.17) is 4.74 Å². The maximum atomic E-state index is 13.4. The molecule has 0 amide bonds. The normalized spacial score (nSPS) is 21.8. The molecule has 0 bridgehead atoms. The van der Waals surface area contributed by atoms with Crippen molar-refractivity contribution in [2.75, 3.05) is 7.11 Å². The van der Waals surface area contributed by atoms with Gasteiger partial charge in [-0.05, 0) is 73.3 Å². The van der Waals surface area contributed by atoms with E-state index in [-0.39, 0.29) is 6.10 Å². The van der Waals surface area contributed by atoms with Gasteiger partial charge in [-0.2, -0.15) is 22.0 Å². The van der Waals surface area contributed by atoms with Gasteiger partial charge in [-0.1, -0.05) is 36.4 Å². The summed E-state index contributed by atoms with van der Waals surface area (Å²) in [5.41, 5.74) is 2.74. The number of rotatable bonds is 7. The lowest BCUT2D eigenvalue weighted by Gasteiger charge is -2.31. The fourth-order valence-electron chi connectivity index (χ4n) is 4.18. The molecular formula is C24H26F6O2. The number of hydrogen-bond donors (Lipinski definition) is 0. The predicted octanol–water partition coefficient (Wildman–Crippen LogP) is 7.53. The van der Waals surface area contributed by atoms with Crippen LogP contribution in [0.5, 0.6) is 5.75 Å². The molecule has 8 heteroatoms. The molecule has 2 atom stereocenters. The van der Waals surface area contributed by atoms with E-state index in [0.717, 1.165) is 43.4 Å². The van der Waals surface area contributed by atoms with Crippen LogP contribution in [-0.4, -0.2) is 31.7 Å². The molecule has 1 aliphatic carbocycles. The Kier molecular flexibility index (Phi) is 7.43. The molecule has 176 valence electrons. The van der Waals surface area contributed by atoms with Gasteiger partial charge in [-0.15, -0.1) is 0 Å². The molecule has 3 rings (SSSR count). The summed E-state index contributed by atoms with van der Waals surface area (Å²) >= 11 is 0. The number of methoxy groups -OCH3 is 1. The van der Waals surface area contributed by atoms with Crippen molar-refractivity contribution in [3.8, 4) is 16.9 Å². The molecule has 1 aliphatic rings. The molecule has 2 aromatic carbocycles. The second kappa shape index (κ2) is 9.73. The van der Waals surface area contributed by atoms with E-state index < -0.39 is 24.2 Å². The molecule has 0 aromatic heterocycles. The highest BCUT2D eigenvalue weighted by molar-refractivity contribution is 5.64. The summed E-state index contributed by atoms with van der Waals surface area (Å²) in [5, 5.41) is 0. The van der Waals surface area contributed by atoms with Crippen molar-refractivity contribution in [3.05, 3.63) is 54.1 Å². The SMILES string of the molecule is COC(C)C1CCC(c2ccc(-c3ccc(OC(F)(F)C(F)C(F)(F)F)cc3)cc2)CC1. The van der Waals surface area contributed by atoms with Crippen LogP contribution in [0.1, 0.15) is 44.1 Å². The first-order chi connectivity index (χ1) is 15.0. The van der Waals surface area contributed by atoms with Crippen molar-refractivity contribution in [1.82, 2.24) is 0 Å². The van der Waals surface area contributed by atoms with Crippen molar-refractivity contribution in [2.45, 2.75) is 63.1 Å². The molecule has 0 spiro atoms. The summed E-state index contributed by atoms with van der Waals surface area (Å²) in [6.45, 7) is 2.10. The van der Waals surface area contributed by atoms with Crippen molar-refractivity contribution in [1.29, 1.82) is 0 Å². The lowest BCUT2D eigenvalue weighted by molar-refractivity contribution is -0.304. The van der Waals surface area contributed by atoms with Gasteiger partial charge in [0.1, 0.15) is 5.75 Å². The van der Waals surface area contributed by atoms with Gasteiger partial charge in [0, 0.05) is 7.11 Å². The summed E-state index contributed by atoms with van der Waals surface area (Å²) in [6.07, 6.45) is -10.5. The van der Waals surface area contributed by atoms with Gasteiger partial charge in [0.05, 0.1) is 6.10 Å². The molecule has 0 radical (unpaired) electrons. The van der Waals surface area contributed by atoms with Gasteiger partial charge in [0.15, 0.2) is 0 Å². The third-order valence-corrected chi connectivity index (χ3v) is 6.21. The van der Waals surface area contributed by atoms with Gasteiger partial charge >= 0.3 is 12.3 Å². The minimum absolute atomic E-state index is 0.259. The van der Waals surface area contributed by atoms with Crippen LogP contribution in [0.4, 0.5) is 26.3 Å². The fraction of sp³-hybridized carbons (Fsp3) is 0.500. The Morgan fingerprint density at radius 1 is 0.812 bits per heavy atom. The average molecular weight is 460 g/mol. The Labute approximate surface area is 183 Å². The largest absolute Gasteiger partial charge is 0.439 e. The van der Waals surface area contributed by atoms with Crippen LogP contribution in [0.15, 0.2) is 48.5 Å². The van der Waals surface area contributed by atoms with E-state index in [1.165, 1.54) is 17.7 Å². The molecule has 0 N–H and O–H groups in total. The van der Waals surface area contributed by atoms with Crippen LogP contribution in [-0.2, 0) is 4.74 Å². The van der Waals surface area contributed by atoms with E-state index in [1.54, 1.807) is 7.11 Å². The minimum atomic E-state index is -5.72. The molecule has 1 saturated carbocycles. The van der Waals surface area contributed by atoms with Gasteiger partial charge in [0.25, 0.3) is 6.17 Å². The van der Waals surface area contributed by atoms with Crippen LogP contribution >= 0.6 is 0 Å². The summed E-state index contributed by atoms with van der Waals surface area (Å²) in [7, 11) is 1.74. The molecule has 2 aromatic rings. The predicted molar refractivity (Wildman–Crippen MR) is 110 cm³/mol. The maximum Gasteiger partial charge on any atom is 0.439 e. The highest BCUT2D eigenvalue weighted by atomic mass is 19.4. The Bertz CT molecular complexity index is 856. The topological polar surface area (TPSA) is 18.5 Å². The quantitative estimate of drug-likeness (QED) is 0.398. The first-order valence-corrected chi connectivity index (χ1v) is 10.5. The number of alkyl halides is 6. The lowest BCUT2D eigenvalue weighted by Crippen LogP contribution is -2.45. The summed E-state index contributed by atoms with van der Waals surface area (Å²) in [5.74, 6) is 0.501. The summed E-state index contributed by atoms with van der Waals surface area (Å²) < 4.78 is 85.9. The second-order valence-electron chi connectivity index (χ2n) is 8.27. The third-order valence-electron chi connectivity index (χ3n) is 6.21. The standard InChI is InChI=1S/C24H26F6O2/c1-15(31-2)16-3-5-17(6-4-16)18-7-9-19(10-8-18)20-11-13-21(14-12-20)32-24(29,30)22(25)23(26,27)28/h7-17,22H,3-6H2,1-2H3. The Morgan fingerprint density at radius 2 is 1.31 bits per heavy atom. The first-order valence-electron chi connectivity index (χ1n) is 10.5. The highest BCUT2D eigenvalue weighted by Crippen LogP contribution is 2.39. The number of benzene rings is 2. The minimum Gasteiger partial charge on any atom is -0.430 e. The Balaban J connectivity index is 1.62. The lowest BCUT2D eigenvalue weighted by atomic mass is 9.77.